The quantitative estimate of drug-likeness (QED) is 0.642. The highest BCUT2D eigenvalue weighted by atomic mass is 16.5. The fourth-order valence-corrected chi connectivity index (χ4v) is 1.04. The lowest BCUT2D eigenvalue weighted by atomic mass is 10.4. The SMILES string of the molecule is C#CC1(Oc2ccnc(C#N)n2)CC1. The Morgan fingerprint density at radius 3 is 2.93 bits per heavy atom. The van der Waals surface area contributed by atoms with Crippen LogP contribution in [0.1, 0.15) is 18.7 Å². The second-order valence-corrected chi connectivity index (χ2v) is 3.07. The van der Waals surface area contributed by atoms with E-state index >= 15 is 0 Å². The molecule has 14 heavy (non-hydrogen) atoms. The monoisotopic (exact) mass is 185 g/mol. The molecule has 4 heteroatoms. The summed E-state index contributed by atoms with van der Waals surface area (Å²) < 4.78 is 5.47. The molecule has 68 valence electrons. The molecule has 0 amide bonds. The summed E-state index contributed by atoms with van der Waals surface area (Å²) in [6.45, 7) is 0. The first-order valence-electron chi connectivity index (χ1n) is 4.18. The van der Waals surface area contributed by atoms with Gasteiger partial charge in [-0.15, -0.1) is 6.42 Å². The summed E-state index contributed by atoms with van der Waals surface area (Å²) in [5, 5.41) is 8.56. The van der Waals surface area contributed by atoms with Crippen LogP contribution in [-0.4, -0.2) is 15.6 Å². The summed E-state index contributed by atoms with van der Waals surface area (Å²) in [5.41, 5.74) is -0.485. The third-order valence-electron chi connectivity index (χ3n) is 2.00. The van der Waals surface area contributed by atoms with E-state index < -0.39 is 5.60 Å². The van der Waals surface area contributed by atoms with Crippen molar-refractivity contribution in [2.24, 2.45) is 0 Å². The molecule has 2 rings (SSSR count). The number of aromatic nitrogens is 2. The number of ether oxygens (including phenoxy) is 1. The van der Waals surface area contributed by atoms with Gasteiger partial charge in [0.1, 0.15) is 6.07 Å². The molecule has 0 saturated heterocycles. The smallest absolute Gasteiger partial charge is 0.235 e. The molecule has 1 aliphatic rings. The molecule has 0 aromatic carbocycles. The van der Waals surface area contributed by atoms with Crippen molar-refractivity contribution in [1.29, 1.82) is 5.26 Å². The molecule has 0 bridgehead atoms. The van der Waals surface area contributed by atoms with Gasteiger partial charge in [0, 0.05) is 25.1 Å². The molecule has 0 N–H and O–H groups in total. The van der Waals surface area contributed by atoms with Crippen LogP contribution >= 0.6 is 0 Å². The molecule has 0 radical (unpaired) electrons. The molecule has 0 aliphatic heterocycles. The molecule has 1 aliphatic carbocycles. The van der Waals surface area contributed by atoms with E-state index in [1.165, 1.54) is 6.20 Å². The maximum Gasteiger partial charge on any atom is 0.235 e. The fourth-order valence-electron chi connectivity index (χ4n) is 1.04. The Balaban J connectivity index is 2.19. The van der Waals surface area contributed by atoms with Gasteiger partial charge in [-0.25, -0.2) is 4.98 Å². The highest BCUT2D eigenvalue weighted by molar-refractivity contribution is 5.25. The van der Waals surface area contributed by atoms with E-state index in [1.807, 2.05) is 6.07 Å². The van der Waals surface area contributed by atoms with Gasteiger partial charge in [0.15, 0.2) is 5.60 Å². The average molecular weight is 185 g/mol. The Kier molecular flexibility index (Phi) is 1.83. The van der Waals surface area contributed by atoms with E-state index in [2.05, 4.69) is 15.9 Å². The predicted octanol–water partition coefficient (Wildman–Crippen LogP) is 0.893. The van der Waals surface area contributed by atoms with Crippen LogP contribution in [0.25, 0.3) is 0 Å². The van der Waals surface area contributed by atoms with Crippen LogP contribution in [0.3, 0.4) is 0 Å². The fraction of sp³-hybridized carbons (Fsp3) is 0.300. The topological polar surface area (TPSA) is 58.8 Å². The number of nitrogens with zero attached hydrogens (tertiary/aromatic N) is 3. The molecule has 0 unspecified atom stereocenters. The third-order valence-corrected chi connectivity index (χ3v) is 2.00. The molecular formula is C10H7N3O. The number of rotatable bonds is 2. The Labute approximate surface area is 81.6 Å². The molecule has 4 nitrogen and oxygen atoms in total. The van der Waals surface area contributed by atoms with Crippen molar-refractivity contribution in [3.63, 3.8) is 0 Å². The van der Waals surface area contributed by atoms with Gasteiger partial charge in [-0.05, 0) is 0 Å². The Morgan fingerprint density at radius 1 is 1.57 bits per heavy atom. The van der Waals surface area contributed by atoms with Crippen molar-refractivity contribution in [3.05, 3.63) is 18.1 Å². The zero-order chi connectivity index (χ0) is 10.0. The number of hydrogen-bond donors (Lipinski definition) is 0. The van der Waals surface area contributed by atoms with E-state index in [1.54, 1.807) is 6.07 Å². The number of terminal acetylenes is 1. The van der Waals surface area contributed by atoms with E-state index in [4.69, 9.17) is 16.4 Å². The zero-order valence-electron chi connectivity index (χ0n) is 7.40. The summed E-state index contributed by atoms with van der Waals surface area (Å²) in [6.07, 6.45) is 8.47. The Morgan fingerprint density at radius 2 is 2.36 bits per heavy atom. The van der Waals surface area contributed by atoms with Crippen LogP contribution in [0, 0.1) is 23.7 Å². The van der Waals surface area contributed by atoms with E-state index in [9.17, 15) is 0 Å². The number of nitriles is 1. The van der Waals surface area contributed by atoms with Crippen LogP contribution < -0.4 is 4.74 Å². The highest BCUT2D eigenvalue weighted by Gasteiger charge is 2.44. The van der Waals surface area contributed by atoms with E-state index in [-0.39, 0.29) is 5.82 Å². The Bertz CT molecular complexity index is 437. The minimum absolute atomic E-state index is 0.0929. The van der Waals surface area contributed by atoms with Gasteiger partial charge >= 0.3 is 0 Å². The van der Waals surface area contributed by atoms with Gasteiger partial charge in [-0.2, -0.15) is 10.2 Å². The second kappa shape index (κ2) is 3.01. The lowest BCUT2D eigenvalue weighted by Crippen LogP contribution is -2.15. The summed E-state index contributed by atoms with van der Waals surface area (Å²) in [7, 11) is 0. The minimum Gasteiger partial charge on any atom is -0.458 e. The summed E-state index contributed by atoms with van der Waals surface area (Å²) in [5.74, 6) is 3.03. The first-order valence-corrected chi connectivity index (χ1v) is 4.18. The van der Waals surface area contributed by atoms with E-state index in [0.29, 0.717) is 5.88 Å². The predicted molar refractivity (Wildman–Crippen MR) is 48.2 cm³/mol. The normalized spacial score (nSPS) is 16.4. The lowest BCUT2D eigenvalue weighted by Gasteiger charge is -2.09. The van der Waals surface area contributed by atoms with E-state index in [0.717, 1.165) is 12.8 Å². The summed E-state index contributed by atoms with van der Waals surface area (Å²) >= 11 is 0. The van der Waals surface area contributed by atoms with Gasteiger partial charge in [-0.3, -0.25) is 0 Å². The second-order valence-electron chi connectivity index (χ2n) is 3.07. The molecule has 1 fully saturated rings. The maximum absolute atomic E-state index is 8.56. The van der Waals surface area contributed by atoms with Gasteiger partial charge in [0.25, 0.3) is 0 Å². The van der Waals surface area contributed by atoms with Crippen molar-refractivity contribution in [3.8, 4) is 24.3 Å². The summed E-state index contributed by atoms with van der Waals surface area (Å²) in [4.78, 5) is 7.60. The summed E-state index contributed by atoms with van der Waals surface area (Å²) in [6, 6.07) is 3.43. The molecule has 0 spiro atoms. The van der Waals surface area contributed by atoms with Crippen molar-refractivity contribution in [2.75, 3.05) is 0 Å². The van der Waals surface area contributed by atoms with Crippen LogP contribution in [0.4, 0.5) is 0 Å². The standard InChI is InChI=1S/C10H7N3O/c1-2-10(4-5-10)14-9-3-6-12-8(7-11)13-9/h1,3,6H,4-5H2. The van der Waals surface area contributed by atoms with Gasteiger partial charge in [0.2, 0.25) is 11.7 Å². The lowest BCUT2D eigenvalue weighted by molar-refractivity contribution is 0.229. The maximum atomic E-state index is 8.56. The van der Waals surface area contributed by atoms with Crippen LogP contribution in [-0.2, 0) is 0 Å². The largest absolute Gasteiger partial charge is 0.458 e. The Hall–Kier alpha value is -2.07. The molecule has 0 atom stereocenters. The zero-order valence-corrected chi connectivity index (χ0v) is 7.40. The van der Waals surface area contributed by atoms with Crippen LogP contribution in [0.5, 0.6) is 5.88 Å². The van der Waals surface area contributed by atoms with Crippen molar-refractivity contribution in [1.82, 2.24) is 9.97 Å². The first kappa shape index (κ1) is 8.52. The first-order chi connectivity index (χ1) is 6.78. The van der Waals surface area contributed by atoms with Crippen molar-refractivity contribution in [2.45, 2.75) is 18.4 Å². The molecule has 1 heterocycles. The molecule has 1 aromatic heterocycles. The van der Waals surface area contributed by atoms with Gasteiger partial charge in [-0.1, -0.05) is 5.92 Å². The van der Waals surface area contributed by atoms with Gasteiger partial charge in [0.05, 0.1) is 0 Å². The molecule has 1 aromatic rings. The number of hydrogen-bond acceptors (Lipinski definition) is 4. The minimum atomic E-state index is -0.485. The average Bonchev–Trinajstić information content (AvgIpc) is 2.99. The van der Waals surface area contributed by atoms with Crippen LogP contribution in [0.15, 0.2) is 12.3 Å². The molecule has 1 saturated carbocycles. The molecular weight excluding hydrogens is 178 g/mol. The van der Waals surface area contributed by atoms with Crippen LogP contribution in [0.2, 0.25) is 0 Å². The van der Waals surface area contributed by atoms with Crippen molar-refractivity contribution < 1.29 is 4.74 Å². The highest BCUT2D eigenvalue weighted by Crippen LogP contribution is 2.38. The van der Waals surface area contributed by atoms with Gasteiger partial charge < -0.3 is 4.74 Å². The third kappa shape index (κ3) is 1.51. The van der Waals surface area contributed by atoms with Crippen molar-refractivity contribution >= 4 is 0 Å².